The fourth-order valence-electron chi connectivity index (χ4n) is 3.62. The highest BCUT2D eigenvalue weighted by Crippen LogP contribution is 2.34. The maximum Gasteiger partial charge on any atom is 0.191 e. The van der Waals surface area contributed by atoms with Gasteiger partial charge in [-0.25, -0.2) is 19.3 Å². The highest BCUT2D eigenvalue weighted by atomic mass is 19.1. The van der Waals surface area contributed by atoms with Crippen LogP contribution in [0, 0.1) is 12.7 Å². The molecule has 0 amide bonds. The SMILES string of the molecule is Cc1ncc(-c2ccc(-c3cnc(N)c4nc(-c5ccc(F)cc5)n(C)c34)cc2)o1. The first-order valence-electron chi connectivity index (χ1n) is 9.41. The molecule has 7 heteroatoms. The number of anilines is 1. The number of fused-ring (bicyclic) bond motifs is 1. The summed E-state index contributed by atoms with van der Waals surface area (Å²) < 4.78 is 20.9. The quantitative estimate of drug-likeness (QED) is 0.462. The van der Waals surface area contributed by atoms with Crippen LogP contribution in [0.15, 0.2) is 65.3 Å². The Morgan fingerprint density at radius 1 is 0.900 bits per heavy atom. The van der Waals surface area contributed by atoms with Gasteiger partial charge in [0.25, 0.3) is 0 Å². The van der Waals surface area contributed by atoms with Crippen LogP contribution in [0.2, 0.25) is 0 Å². The Kier molecular flexibility index (Phi) is 4.10. The molecule has 5 rings (SSSR count). The van der Waals surface area contributed by atoms with Crippen LogP contribution in [0.1, 0.15) is 5.89 Å². The van der Waals surface area contributed by atoms with Crippen LogP contribution in [-0.4, -0.2) is 19.5 Å². The van der Waals surface area contributed by atoms with Crippen LogP contribution in [0.5, 0.6) is 0 Å². The largest absolute Gasteiger partial charge is 0.441 e. The number of hydrogen-bond acceptors (Lipinski definition) is 5. The molecule has 148 valence electrons. The number of aromatic nitrogens is 4. The van der Waals surface area contributed by atoms with Crippen LogP contribution in [0.4, 0.5) is 10.2 Å². The average Bonchev–Trinajstić information content (AvgIpc) is 3.34. The number of rotatable bonds is 3. The monoisotopic (exact) mass is 399 g/mol. The number of halogens is 1. The van der Waals surface area contributed by atoms with E-state index in [-0.39, 0.29) is 5.82 Å². The first kappa shape index (κ1) is 18.1. The van der Waals surface area contributed by atoms with Crippen molar-refractivity contribution in [2.45, 2.75) is 6.92 Å². The summed E-state index contributed by atoms with van der Waals surface area (Å²) in [5.74, 6) is 2.10. The summed E-state index contributed by atoms with van der Waals surface area (Å²) in [6.45, 7) is 1.82. The molecule has 0 unspecified atom stereocenters. The zero-order valence-corrected chi connectivity index (χ0v) is 16.4. The van der Waals surface area contributed by atoms with Crippen LogP contribution in [-0.2, 0) is 7.05 Å². The number of benzene rings is 2. The third kappa shape index (κ3) is 2.91. The van der Waals surface area contributed by atoms with Gasteiger partial charge in [-0.05, 0) is 29.8 Å². The average molecular weight is 399 g/mol. The van der Waals surface area contributed by atoms with Gasteiger partial charge in [0.2, 0.25) is 0 Å². The fraction of sp³-hybridized carbons (Fsp3) is 0.0870. The molecule has 0 spiro atoms. The fourth-order valence-corrected chi connectivity index (χ4v) is 3.62. The molecule has 3 heterocycles. The van der Waals surface area contributed by atoms with Gasteiger partial charge in [-0.15, -0.1) is 0 Å². The highest BCUT2D eigenvalue weighted by molar-refractivity contribution is 5.98. The Morgan fingerprint density at radius 3 is 2.23 bits per heavy atom. The Bertz CT molecular complexity index is 1370. The van der Waals surface area contributed by atoms with Crippen molar-refractivity contribution in [2.24, 2.45) is 7.05 Å². The van der Waals surface area contributed by atoms with Crippen molar-refractivity contribution in [3.8, 4) is 33.8 Å². The summed E-state index contributed by atoms with van der Waals surface area (Å²) in [4.78, 5) is 13.2. The maximum absolute atomic E-state index is 13.3. The smallest absolute Gasteiger partial charge is 0.191 e. The number of nitrogens with two attached hydrogens (primary N) is 1. The first-order valence-corrected chi connectivity index (χ1v) is 9.41. The molecule has 3 aromatic heterocycles. The zero-order chi connectivity index (χ0) is 20.8. The van der Waals surface area contributed by atoms with Gasteiger partial charge >= 0.3 is 0 Å². The van der Waals surface area contributed by atoms with Gasteiger partial charge in [-0.2, -0.15) is 0 Å². The van der Waals surface area contributed by atoms with Gasteiger partial charge in [-0.3, -0.25) is 0 Å². The summed E-state index contributed by atoms with van der Waals surface area (Å²) in [5.41, 5.74) is 11.2. The van der Waals surface area contributed by atoms with E-state index in [4.69, 9.17) is 15.1 Å². The van der Waals surface area contributed by atoms with Crippen LogP contribution >= 0.6 is 0 Å². The lowest BCUT2D eigenvalue weighted by atomic mass is 10.0. The van der Waals surface area contributed by atoms with E-state index in [2.05, 4.69) is 9.97 Å². The standard InChI is InChI=1S/C23H18FN5O/c1-13-26-12-19(30-13)15-5-3-14(4-6-15)18-11-27-22(25)20-21(18)29(2)23(28-20)16-7-9-17(24)10-8-16/h3-12H,1-2H3,(H2,25,27). The minimum absolute atomic E-state index is 0.290. The molecule has 2 N–H and O–H groups in total. The van der Waals surface area contributed by atoms with E-state index >= 15 is 0 Å². The highest BCUT2D eigenvalue weighted by Gasteiger charge is 2.17. The number of pyridine rings is 1. The topological polar surface area (TPSA) is 82.8 Å². The number of aryl methyl sites for hydroxylation is 2. The van der Waals surface area contributed by atoms with E-state index in [0.717, 1.165) is 33.5 Å². The second-order valence-electron chi connectivity index (χ2n) is 7.08. The Morgan fingerprint density at radius 2 is 1.57 bits per heavy atom. The molecule has 2 aromatic carbocycles. The van der Waals surface area contributed by atoms with Crippen LogP contribution in [0.3, 0.4) is 0 Å². The number of hydrogen-bond donors (Lipinski definition) is 1. The van der Waals surface area contributed by atoms with Crippen molar-refractivity contribution in [1.29, 1.82) is 0 Å². The normalized spacial score (nSPS) is 11.3. The van der Waals surface area contributed by atoms with E-state index in [1.54, 1.807) is 24.5 Å². The number of nitrogens with zero attached hydrogens (tertiary/aromatic N) is 4. The third-order valence-corrected chi connectivity index (χ3v) is 5.13. The van der Waals surface area contributed by atoms with E-state index in [1.807, 2.05) is 42.8 Å². The van der Waals surface area contributed by atoms with Crippen molar-refractivity contribution in [3.63, 3.8) is 0 Å². The lowest BCUT2D eigenvalue weighted by molar-refractivity contribution is 0.534. The summed E-state index contributed by atoms with van der Waals surface area (Å²) >= 11 is 0. The molecule has 0 saturated heterocycles. The predicted molar refractivity (Wildman–Crippen MR) is 114 cm³/mol. The van der Waals surface area contributed by atoms with E-state index in [1.165, 1.54) is 12.1 Å². The number of oxazole rings is 1. The molecule has 0 aliphatic heterocycles. The van der Waals surface area contributed by atoms with Crippen molar-refractivity contribution >= 4 is 16.9 Å². The molecule has 5 aromatic rings. The maximum atomic E-state index is 13.3. The summed E-state index contributed by atoms with van der Waals surface area (Å²) in [6.07, 6.45) is 3.46. The molecule has 0 aliphatic carbocycles. The van der Waals surface area contributed by atoms with Gasteiger partial charge in [0, 0.05) is 36.9 Å². The van der Waals surface area contributed by atoms with Gasteiger partial charge in [0.05, 0.1) is 11.7 Å². The molecule has 0 fully saturated rings. The molecule has 6 nitrogen and oxygen atoms in total. The third-order valence-electron chi connectivity index (χ3n) is 5.13. The molecule has 0 atom stereocenters. The number of imidazole rings is 1. The summed E-state index contributed by atoms with van der Waals surface area (Å²) in [5, 5.41) is 0. The van der Waals surface area contributed by atoms with Gasteiger partial charge in [0.15, 0.2) is 17.5 Å². The number of nitrogen functional groups attached to an aromatic ring is 1. The molecular formula is C23H18FN5O. The summed E-state index contributed by atoms with van der Waals surface area (Å²) in [6, 6.07) is 14.2. The Balaban J connectivity index is 1.64. The van der Waals surface area contributed by atoms with E-state index in [0.29, 0.717) is 23.0 Å². The Hall–Kier alpha value is -4.00. The molecule has 0 radical (unpaired) electrons. The lowest BCUT2D eigenvalue weighted by Crippen LogP contribution is -1.96. The second kappa shape index (κ2) is 6.81. The lowest BCUT2D eigenvalue weighted by Gasteiger charge is -2.08. The van der Waals surface area contributed by atoms with Gasteiger partial charge < -0.3 is 14.7 Å². The van der Waals surface area contributed by atoms with Gasteiger partial charge in [0.1, 0.15) is 17.2 Å². The van der Waals surface area contributed by atoms with Crippen molar-refractivity contribution < 1.29 is 8.81 Å². The summed E-state index contributed by atoms with van der Waals surface area (Å²) in [7, 11) is 1.92. The minimum Gasteiger partial charge on any atom is -0.441 e. The Labute approximate surface area is 171 Å². The second-order valence-corrected chi connectivity index (χ2v) is 7.08. The minimum atomic E-state index is -0.290. The molecule has 0 bridgehead atoms. The predicted octanol–water partition coefficient (Wildman–Crippen LogP) is 4.99. The van der Waals surface area contributed by atoms with Crippen LogP contribution < -0.4 is 5.73 Å². The van der Waals surface area contributed by atoms with Crippen molar-refractivity contribution in [3.05, 3.63) is 72.6 Å². The first-order chi connectivity index (χ1) is 14.5. The molecule has 30 heavy (non-hydrogen) atoms. The van der Waals surface area contributed by atoms with E-state index < -0.39 is 0 Å². The zero-order valence-electron chi connectivity index (χ0n) is 16.4. The molecule has 0 aliphatic rings. The molecule has 0 saturated carbocycles. The van der Waals surface area contributed by atoms with E-state index in [9.17, 15) is 4.39 Å². The van der Waals surface area contributed by atoms with Crippen LogP contribution in [0.25, 0.3) is 44.9 Å². The van der Waals surface area contributed by atoms with Crippen molar-refractivity contribution in [2.75, 3.05) is 5.73 Å². The van der Waals surface area contributed by atoms with Crippen molar-refractivity contribution in [1.82, 2.24) is 19.5 Å². The molecular weight excluding hydrogens is 381 g/mol. The van der Waals surface area contributed by atoms with Gasteiger partial charge in [-0.1, -0.05) is 24.3 Å².